The number of nitrogens with one attached hydrogen (secondary N) is 2. The van der Waals surface area contributed by atoms with E-state index >= 15 is 0 Å². The molecule has 3 rings (SSSR count). The lowest BCUT2D eigenvalue weighted by Crippen LogP contribution is -2.15. The third-order valence-electron chi connectivity index (χ3n) is 3.14. The minimum atomic E-state index is 0.0520. The molecule has 6 heteroatoms. The summed E-state index contributed by atoms with van der Waals surface area (Å²) in [6, 6.07) is 7.22. The maximum atomic E-state index is 9.99. The second kappa shape index (κ2) is 5.40. The molecule has 6 nitrogen and oxygen atoms in total. The van der Waals surface area contributed by atoms with Gasteiger partial charge in [0.2, 0.25) is 5.75 Å². The lowest BCUT2D eigenvalue weighted by atomic mass is 10.2. The molecule has 2 aromatic rings. The van der Waals surface area contributed by atoms with Gasteiger partial charge in [-0.3, -0.25) is 0 Å². The van der Waals surface area contributed by atoms with Crippen LogP contribution in [0.5, 0.6) is 17.2 Å². The first-order valence-electron chi connectivity index (χ1n) is 6.72. The van der Waals surface area contributed by atoms with E-state index in [4.69, 9.17) is 9.47 Å². The summed E-state index contributed by atoms with van der Waals surface area (Å²) in [6.07, 6.45) is 0. The van der Waals surface area contributed by atoms with Crippen molar-refractivity contribution in [1.82, 2.24) is 4.98 Å². The van der Waals surface area contributed by atoms with Gasteiger partial charge in [0, 0.05) is 42.3 Å². The van der Waals surface area contributed by atoms with Crippen molar-refractivity contribution in [2.24, 2.45) is 0 Å². The van der Waals surface area contributed by atoms with Crippen molar-refractivity contribution < 1.29 is 14.6 Å². The van der Waals surface area contributed by atoms with E-state index in [1.165, 1.54) is 0 Å². The minimum Gasteiger partial charge on any atom is -0.504 e. The summed E-state index contributed by atoms with van der Waals surface area (Å²) in [7, 11) is 1.86. The highest BCUT2D eigenvalue weighted by Gasteiger charge is 2.17. The van der Waals surface area contributed by atoms with Gasteiger partial charge in [-0.25, -0.2) is 4.98 Å². The number of nitrogens with zero attached hydrogens (tertiary/aromatic N) is 1. The quantitative estimate of drug-likeness (QED) is 0.806. The average molecular weight is 287 g/mol. The molecule has 21 heavy (non-hydrogen) atoms. The summed E-state index contributed by atoms with van der Waals surface area (Å²) >= 11 is 0. The van der Waals surface area contributed by atoms with Crippen LogP contribution in [-0.4, -0.2) is 30.4 Å². The molecule has 3 N–H and O–H groups in total. The van der Waals surface area contributed by atoms with Gasteiger partial charge in [0.05, 0.1) is 0 Å². The first-order chi connectivity index (χ1) is 10.2. The van der Waals surface area contributed by atoms with Gasteiger partial charge >= 0.3 is 0 Å². The number of hydrogen-bond donors (Lipinski definition) is 3. The molecular formula is C15H17N3O3. The van der Waals surface area contributed by atoms with Gasteiger partial charge in [-0.05, 0) is 13.0 Å². The van der Waals surface area contributed by atoms with Crippen LogP contribution in [0.2, 0.25) is 0 Å². The molecule has 2 heterocycles. The molecule has 0 atom stereocenters. The highest BCUT2D eigenvalue weighted by molar-refractivity contribution is 5.68. The van der Waals surface area contributed by atoms with Crippen molar-refractivity contribution in [3.8, 4) is 17.2 Å². The molecular weight excluding hydrogens is 270 g/mol. The maximum absolute atomic E-state index is 9.99. The van der Waals surface area contributed by atoms with E-state index in [9.17, 15) is 5.11 Å². The highest BCUT2D eigenvalue weighted by Crippen LogP contribution is 2.41. The van der Waals surface area contributed by atoms with Crippen LogP contribution < -0.4 is 20.1 Å². The zero-order valence-electron chi connectivity index (χ0n) is 11.9. The number of aryl methyl sites for hydroxylation is 1. The van der Waals surface area contributed by atoms with Gasteiger partial charge in [-0.1, -0.05) is 0 Å². The molecule has 0 bridgehead atoms. The van der Waals surface area contributed by atoms with Crippen molar-refractivity contribution in [3.63, 3.8) is 0 Å². The van der Waals surface area contributed by atoms with Crippen LogP contribution in [0.3, 0.4) is 0 Å². The second-order valence-electron chi connectivity index (χ2n) is 4.78. The van der Waals surface area contributed by atoms with Crippen molar-refractivity contribution in [3.05, 3.63) is 30.0 Å². The van der Waals surface area contributed by atoms with E-state index in [-0.39, 0.29) is 5.75 Å². The smallest absolute Gasteiger partial charge is 0.203 e. The van der Waals surface area contributed by atoms with E-state index in [0.29, 0.717) is 36.2 Å². The maximum Gasteiger partial charge on any atom is 0.203 e. The van der Waals surface area contributed by atoms with Crippen LogP contribution in [0.1, 0.15) is 5.69 Å². The Kier molecular flexibility index (Phi) is 3.43. The number of phenols is 1. The van der Waals surface area contributed by atoms with Crippen LogP contribution in [-0.2, 0) is 0 Å². The summed E-state index contributed by atoms with van der Waals surface area (Å²) in [5, 5.41) is 16.2. The van der Waals surface area contributed by atoms with E-state index in [1.54, 1.807) is 12.1 Å². The molecule has 0 saturated carbocycles. The predicted molar refractivity (Wildman–Crippen MR) is 80.9 cm³/mol. The number of pyridine rings is 1. The number of hydrogen-bond acceptors (Lipinski definition) is 6. The summed E-state index contributed by atoms with van der Waals surface area (Å²) in [5.41, 5.74) is 2.55. The van der Waals surface area contributed by atoms with Crippen molar-refractivity contribution in [2.45, 2.75) is 6.92 Å². The van der Waals surface area contributed by atoms with Crippen LogP contribution in [0.4, 0.5) is 17.2 Å². The van der Waals surface area contributed by atoms with Gasteiger partial charge in [-0.15, -0.1) is 0 Å². The lowest BCUT2D eigenvalue weighted by molar-refractivity contribution is 0.166. The number of benzene rings is 1. The molecule has 0 spiro atoms. The Labute approximate surface area is 122 Å². The Morgan fingerprint density at radius 1 is 1.10 bits per heavy atom. The third kappa shape index (κ3) is 2.79. The number of aromatic hydroxyl groups is 1. The average Bonchev–Trinajstić information content (AvgIpc) is 2.46. The summed E-state index contributed by atoms with van der Waals surface area (Å²) in [4.78, 5) is 4.41. The number of phenolic OH excluding ortho intramolecular Hbond substituents is 1. The largest absolute Gasteiger partial charge is 0.504 e. The fourth-order valence-corrected chi connectivity index (χ4v) is 2.23. The molecule has 0 aliphatic carbocycles. The van der Waals surface area contributed by atoms with Crippen molar-refractivity contribution in [1.29, 1.82) is 0 Å². The standard InChI is InChI=1S/C15H17N3O3/c1-9-5-10(16-2)8-14(17-9)18-11-6-12(19)15-13(7-11)20-3-4-21-15/h5-8,19H,3-4H2,1-2H3,(H2,16,17,18). The molecule has 1 aliphatic heterocycles. The fraction of sp³-hybridized carbons (Fsp3) is 0.267. The van der Waals surface area contributed by atoms with Gasteiger partial charge in [0.25, 0.3) is 0 Å². The normalized spacial score (nSPS) is 12.9. The fourth-order valence-electron chi connectivity index (χ4n) is 2.23. The number of anilines is 3. The van der Waals surface area contributed by atoms with Crippen LogP contribution in [0.25, 0.3) is 0 Å². The first kappa shape index (κ1) is 13.4. The number of ether oxygens (including phenoxy) is 2. The number of rotatable bonds is 3. The highest BCUT2D eigenvalue weighted by atomic mass is 16.6. The Bertz CT molecular complexity index is 673. The first-order valence-corrected chi connectivity index (χ1v) is 6.72. The summed E-state index contributed by atoms with van der Waals surface area (Å²) in [5.74, 6) is 1.66. The SMILES string of the molecule is CNc1cc(C)nc(Nc2cc(O)c3c(c2)OCCO3)c1. The van der Waals surface area contributed by atoms with Gasteiger partial charge in [-0.2, -0.15) is 0 Å². The molecule has 1 aliphatic rings. The Balaban J connectivity index is 1.91. The van der Waals surface area contributed by atoms with E-state index in [2.05, 4.69) is 15.6 Å². The van der Waals surface area contributed by atoms with E-state index < -0.39 is 0 Å². The Morgan fingerprint density at radius 3 is 2.71 bits per heavy atom. The Hall–Kier alpha value is -2.63. The minimum absolute atomic E-state index is 0.0520. The Morgan fingerprint density at radius 2 is 1.90 bits per heavy atom. The van der Waals surface area contributed by atoms with Crippen molar-refractivity contribution in [2.75, 3.05) is 30.9 Å². The molecule has 0 unspecified atom stereocenters. The van der Waals surface area contributed by atoms with Gasteiger partial charge < -0.3 is 25.2 Å². The molecule has 0 saturated heterocycles. The topological polar surface area (TPSA) is 75.6 Å². The zero-order chi connectivity index (χ0) is 14.8. The van der Waals surface area contributed by atoms with Gasteiger partial charge in [0.15, 0.2) is 11.5 Å². The summed E-state index contributed by atoms with van der Waals surface area (Å²) < 4.78 is 10.9. The molecule has 0 amide bonds. The molecule has 110 valence electrons. The third-order valence-corrected chi connectivity index (χ3v) is 3.14. The lowest BCUT2D eigenvalue weighted by Gasteiger charge is -2.20. The second-order valence-corrected chi connectivity index (χ2v) is 4.78. The van der Waals surface area contributed by atoms with Crippen molar-refractivity contribution >= 4 is 17.2 Å². The van der Waals surface area contributed by atoms with E-state index in [0.717, 1.165) is 11.4 Å². The van der Waals surface area contributed by atoms with Crippen LogP contribution in [0.15, 0.2) is 24.3 Å². The summed E-state index contributed by atoms with van der Waals surface area (Å²) in [6.45, 7) is 2.84. The van der Waals surface area contributed by atoms with Crippen LogP contribution in [0, 0.1) is 6.92 Å². The monoisotopic (exact) mass is 287 g/mol. The predicted octanol–water partition coefficient (Wildman–Crippen LogP) is 2.65. The molecule has 0 fully saturated rings. The zero-order valence-corrected chi connectivity index (χ0v) is 11.9. The molecule has 1 aromatic carbocycles. The molecule has 0 radical (unpaired) electrons. The van der Waals surface area contributed by atoms with Gasteiger partial charge in [0.1, 0.15) is 19.0 Å². The molecule has 1 aromatic heterocycles. The van der Waals surface area contributed by atoms with Crippen LogP contribution >= 0.6 is 0 Å². The number of fused-ring (bicyclic) bond motifs is 1. The van der Waals surface area contributed by atoms with E-state index in [1.807, 2.05) is 26.1 Å². The number of aromatic nitrogens is 1.